The summed E-state index contributed by atoms with van der Waals surface area (Å²) < 4.78 is 14.4. The Morgan fingerprint density at radius 3 is 2.88 bits per heavy atom. The Balaban J connectivity index is 1.45. The van der Waals surface area contributed by atoms with Gasteiger partial charge in [-0.25, -0.2) is 0 Å². The van der Waals surface area contributed by atoms with Gasteiger partial charge in [0.1, 0.15) is 0 Å². The fourth-order valence-corrected chi connectivity index (χ4v) is 4.65. The zero-order valence-electron chi connectivity index (χ0n) is 18.3. The van der Waals surface area contributed by atoms with E-state index in [2.05, 4.69) is 20.3 Å². The molecule has 0 unspecified atom stereocenters. The predicted molar refractivity (Wildman–Crippen MR) is 130 cm³/mol. The zero-order valence-corrected chi connectivity index (χ0v) is 19.9. The van der Waals surface area contributed by atoms with E-state index in [1.165, 1.54) is 11.8 Å². The number of thioether (sulfide) groups is 1. The summed E-state index contributed by atoms with van der Waals surface area (Å²) >= 11 is 7.47. The maximum absolute atomic E-state index is 13.1. The average molecular weight is 497 g/mol. The van der Waals surface area contributed by atoms with Gasteiger partial charge in [0.2, 0.25) is 17.5 Å². The van der Waals surface area contributed by atoms with E-state index in [9.17, 15) is 4.79 Å². The predicted octanol–water partition coefficient (Wildman–Crippen LogP) is 4.47. The van der Waals surface area contributed by atoms with Gasteiger partial charge in [-0.3, -0.25) is 13.8 Å². The van der Waals surface area contributed by atoms with Crippen molar-refractivity contribution in [3.63, 3.8) is 0 Å². The lowest BCUT2D eigenvalue weighted by Crippen LogP contribution is -2.24. The van der Waals surface area contributed by atoms with Crippen LogP contribution < -0.4 is 5.56 Å². The minimum atomic E-state index is -0.0911. The zero-order chi connectivity index (χ0) is 23.5. The Kier molecular flexibility index (Phi) is 6.61. The van der Waals surface area contributed by atoms with Gasteiger partial charge >= 0.3 is 0 Å². The normalized spacial score (nSPS) is 11.6. The fourth-order valence-electron chi connectivity index (χ4n) is 3.68. The Labute approximate surface area is 203 Å². The summed E-state index contributed by atoms with van der Waals surface area (Å²) in [7, 11) is 0. The van der Waals surface area contributed by atoms with Crippen LogP contribution in [0.4, 0.5) is 0 Å². The molecule has 0 N–H and O–H groups in total. The van der Waals surface area contributed by atoms with E-state index >= 15 is 0 Å². The molecule has 0 saturated carbocycles. The molecule has 0 aliphatic rings. The van der Waals surface area contributed by atoms with Gasteiger partial charge in [0.15, 0.2) is 5.16 Å². The Hall–Kier alpha value is -3.21. The van der Waals surface area contributed by atoms with Gasteiger partial charge in [0.05, 0.1) is 16.7 Å². The quantitative estimate of drug-likeness (QED) is 0.218. The summed E-state index contributed by atoms with van der Waals surface area (Å²) in [6, 6.07) is 14.7. The smallest absolute Gasteiger partial charge is 0.262 e. The molecule has 5 rings (SSSR count). The number of aryl methyl sites for hydroxylation is 1. The SMILES string of the molecule is CCOCCCn1c(=O)c2ccccc2n2c(SCc3nc(-c4cccc(Cl)c4)no3)nnc12. The van der Waals surface area contributed by atoms with Crippen LogP contribution in [-0.4, -0.2) is 42.5 Å². The summed E-state index contributed by atoms with van der Waals surface area (Å²) in [5, 5.41) is 14.6. The van der Waals surface area contributed by atoms with Crippen LogP contribution in [0.25, 0.3) is 28.1 Å². The van der Waals surface area contributed by atoms with Crippen molar-refractivity contribution in [2.75, 3.05) is 13.2 Å². The molecule has 174 valence electrons. The monoisotopic (exact) mass is 496 g/mol. The number of halogens is 1. The number of fused-ring (bicyclic) bond motifs is 3. The maximum Gasteiger partial charge on any atom is 0.262 e. The van der Waals surface area contributed by atoms with Crippen LogP contribution in [0.5, 0.6) is 0 Å². The molecule has 0 radical (unpaired) electrons. The molecule has 0 bridgehead atoms. The number of nitrogens with zero attached hydrogens (tertiary/aromatic N) is 6. The van der Waals surface area contributed by atoms with Gasteiger partial charge in [-0.2, -0.15) is 4.98 Å². The minimum Gasteiger partial charge on any atom is -0.382 e. The number of hydrogen-bond donors (Lipinski definition) is 0. The van der Waals surface area contributed by atoms with Crippen LogP contribution in [0.15, 0.2) is 63.0 Å². The topological polar surface area (TPSA) is 100 Å². The Morgan fingerprint density at radius 1 is 1.15 bits per heavy atom. The summed E-state index contributed by atoms with van der Waals surface area (Å²) in [4.78, 5) is 17.6. The number of ether oxygens (including phenoxy) is 1. The van der Waals surface area contributed by atoms with E-state index in [-0.39, 0.29) is 5.56 Å². The molecule has 3 aromatic heterocycles. The highest BCUT2D eigenvalue weighted by molar-refractivity contribution is 7.98. The molecule has 0 spiro atoms. The molecule has 0 amide bonds. The largest absolute Gasteiger partial charge is 0.382 e. The highest BCUT2D eigenvalue weighted by atomic mass is 35.5. The molecule has 9 nitrogen and oxygen atoms in total. The second-order valence-electron chi connectivity index (χ2n) is 7.45. The van der Waals surface area contributed by atoms with E-state index in [0.717, 1.165) is 11.1 Å². The Bertz CT molecular complexity index is 1510. The van der Waals surface area contributed by atoms with E-state index < -0.39 is 0 Å². The van der Waals surface area contributed by atoms with Gasteiger partial charge in [0.25, 0.3) is 5.56 Å². The molecular formula is C23H21ClN6O3S. The molecule has 3 heterocycles. The lowest BCUT2D eigenvalue weighted by molar-refractivity contribution is 0.141. The van der Waals surface area contributed by atoms with Crippen LogP contribution in [-0.2, 0) is 17.0 Å². The van der Waals surface area contributed by atoms with E-state index in [4.69, 9.17) is 20.9 Å². The van der Waals surface area contributed by atoms with Crippen molar-refractivity contribution in [2.45, 2.75) is 30.8 Å². The molecule has 0 atom stereocenters. The van der Waals surface area contributed by atoms with Crippen LogP contribution >= 0.6 is 23.4 Å². The highest BCUT2D eigenvalue weighted by Gasteiger charge is 2.18. The van der Waals surface area contributed by atoms with Gasteiger partial charge in [-0.05, 0) is 37.6 Å². The molecule has 0 fully saturated rings. The number of aromatic nitrogens is 6. The highest BCUT2D eigenvalue weighted by Crippen LogP contribution is 2.26. The third kappa shape index (κ3) is 4.44. The van der Waals surface area contributed by atoms with Crippen LogP contribution in [0.1, 0.15) is 19.2 Å². The number of rotatable bonds is 9. The van der Waals surface area contributed by atoms with E-state index in [0.29, 0.717) is 65.0 Å². The first-order valence-electron chi connectivity index (χ1n) is 10.8. The first-order chi connectivity index (χ1) is 16.7. The minimum absolute atomic E-state index is 0.0911. The van der Waals surface area contributed by atoms with Gasteiger partial charge in [-0.15, -0.1) is 10.2 Å². The van der Waals surface area contributed by atoms with Crippen molar-refractivity contribution in [1.29, 1.82) is 0 Å². The molecule has 34 heavy (non-hydrogen) atoms. The molecule has 0 aliphatic carbocycles. The number of hydrogen-bond acceptors (Lipinski definition) is 8. The van der Waals surface area contributed by atoms with E-state index in [1.807, 2.05) is 47.7 Å². The summed E-state index contributed by atoms with van der Waals surface area (Å²) in [6.45, 7) is 3.65. The average Bonchev–Trinajstić information content (AvgIpc) is 3.50. The summed E-state index contributed by atoms with van der Waals surface area (Å²) in [5.41, 5.74) is 1.44. The molecule has 5 aromatic rings. The first-order valence-corrected chi connectivity index (χ1v) is 12.2. The first kappa shape index (κ1) is 22.6. The second kappa shape index (κ2) is 9.96. The van der Waals surface area contributed by atoms with E-state index in [1.54, 1.807) is 16.7 Å². The second-order valence-corrected chi connectivity index (χ2v) is 8.83. The molecule has 11 heteroatoms. The van der Waals surface area contributed by atoms with Crippen molar-refractivity contribution in [2.24, 2.45) is 0 Å². The van der Waals surface area contributed by atoms with Gasteiger partial charge < -0.3 is 9.26 Å². The third-order valence-electron chi connectivity index (χ3n) is 5.23. The lowest BCUT2D eigenvalue weighted by Gasteiger charge is -2.11. The van der Waals surface area contributed by atoms with Crippen molar-refractivity contribution in [1.82, 2.24) is 29.3 Å². The number of benzene rings is 2. The van der Waals surface area contributed by atoms with Gasteiger partial charge in [0, 0.05) is 30.3 Å². The maximum atomic E-state index is 13.1. The molecule has 0 aliphatic heterocycles. The van der Waals surface area contributed by atoms with Crippen LogP contribution in [0.3, 0.4) is 0 Å². The van der Waals surface area contributed by atoms with Gasteiger partial charge in [-0.1, -0.05) is 52.8 Å². The van der Waals surface area contributed by atoms with Crippen LogP contribution in [0, 0.1) is 0 Å². The third-order valence-corrected chi connectivity index (χ3v) is 6.38. The van der Waals surface area contributed by atoms with Crippen LogP contribution in [0.2, 0.25) is 5.02 Å². The molecular weight excluding hydrogens is 476 g/mol. The van der Waals surface area contributed by atoms with Crippen molar-refractivity contribution in [3.05, 3.63) is 69.8 Å². The lowest BCUT2D eigenvalue weighted by atomic mass is 10.2. The number of para-hydroxylation sites is 1. The van der Waals surface area contributed by atoms with Crippen molar-refractivity contribution >= 4 is 40.0 Å². The molecule has 0 saturated heterocycles. The summed E-state index contributed by atoms with van der Waals surface area (Å²) in [6.07, 6.45) is 0.700. The summed E-state index contributed by atoms with van der Waals surface area (Å²) in [5.74, 6) is 1.81. The molecule has 2 aromatic carbocycles. The fraction of sp³-hybridized carbons (Fsp3) is 0.261. The van der Waals surface area contributed by atoms with Crippen molar-refractivity contribution in [3.8, 4) is 11.4 Å². The Morgan fingerprint density at radius 2 is 2.03 bits per heavy atom. The standard InChI is InChI=1S/C23H21ClN6O3S/c1-2-32-12-6-11-29-21(31)17-9-3-4-10-18(17)30-22(29)26-27-23(30)34-14-19-25-20(28-33-19)15-7-5-8-16(24)13-15/h3-5,7-10,13H,2,6,11-12,14H2,1H3. The van der Waals surface area contributed by atoms with Crippen molar-refractivity contribution < 1.29 is 9.26 Å².